The van der Waals surface area contributed by atoms with E-state index in [1.165, 1.54) is 0 Å². The lowest BCUT2D eigenvalue weighted by Crippen LogP contribution is -2.50. The molecule has 8 heteroatoms. The molecule has 1 saturated heterocycles. The Morgan fingerprint density at radius 3 is 2.28 bits per heavy atom. The number of hydrogen-bond acceptors (Lipinski definition) is 5. The van der Waals surface area contributed by atoms with Crippen LogP contribution >= 0.6 is 0 Å². The number of carbonyl (C=O) groups is 3. The zero-order valence-electron chi connectivity index (χ0n) is 16.0. The molecule has 1 aliphatic heterocycles. The van der Waals surface area contributed by atoms with Gasteiger partial charge in [-0.05, 0) is 40.5 Å². The molecule has 1 N–H and O–H groups in total. The van der Waals surface area contributed by atoms with Crippen LogP contribution in [0, 0.1) is 0 Å². The SMILES string of the molecule is CCOC(=O)N(CCNC(=O)OC(C)(C)C)C1CCN(C(C)=O)CC1. The summed E-state index contributed by atoms with van der Waals surface area (Å²) in [5.74, 6) is 0.0488. The summed E-state index contributed by atoms with van der Waals surface area (Å²) in [7, 11) is 0. The Morgan fingerprint density at radius 2 is 1.80 bits per heavy atom. The molecular weight excluding hydrogens is 326 g/mol. The molecule has 1 aliphatic rings. The Labute approximate surface area is 149 Å². The van der Waals surface area contributed by atoms with Crippen molar-refractivity contribution in [3.63, 3.8) is 0 Å². The van der Waals surface area contributed by atoms with Gasteiger partial charge in [-0.15, -0.1) is 0 Å². The van der Waals surface area contributed by atoms with E-state index < -0.39 is 17.8 Å². The molecule has 144 valence electrons. The van der Waals surface area contributed by atoms with Crippen molar-refractivity contribution >= 4 is 18.1 Å². The van der Waals surface area contributed by atoms with E-state index in [2.05, 4.69) is 5.32 Å². The van der Waals surface area contributed by atoms with Crippen LogP contribution in [0.1, 0.15) is 47.5 Å². The zero-order valence-corrected chi connectivity index (χ0v) is 16.0. The number of amides is 3. The van der Waals surface area contributed by atoms with E-state index in [4.69, 9.17) is 9.47 Å². The smallest absolute Gasteiger partial charge is 0.410 e. The predicted octanol–water partition coefficient (Wildman–Crippen LogP) is 1.98. The van der Waals surface area contributed by atoms with Crippen molar-refractivity contribution in [1.82, 2.24) is 15.1 Å². The lowest BCUT2D eigenvalue weighted by atomic mass is 10.0. The monoisotopic (exact) mass is 357 g/mol. The van der Waals surface area contributed by atoms with Gasteiger partial charge in [0.25, 0.3) is 0 Å². The largest absolute Gasteiger partial charge is 0.450 e. The van der Waals surface area contributed by atoms with Gasteiger partial charge in [0.15, 0.2) is 0 Å². The summed E-state index contributed by atoms with van der Waals surface area (Å²) in [4.78, 5) is 38.8. The van der Waals surface area contributed by atoms with Crippen molar-refractivity contribution in [2.75, 3.05) is 32.8 Å². The first kappa shape index (κ1) is 21.1. The third-order valence-corrected chi connectivity index (χ3v) is 3.87. The van der Waals surface area contributed by atoms with E-state index in [9.17, 15) is 14.4 Å². The lowest BCUT2D eigenvalue weighted by Gasteiger charge is -2.37. The summed E-state index contributed by atoms with van der Waals surface area (Å²) in [5, 5.41) is 2.66. The van der Waals surface area contributed by atoms with Gasteiger partial charge in [-0.1, -0.05) is 0 Å². The van der Waals surface area contributed by atoms with Crippen molar-refractivity contribution in [3.8, 4) is 0 Å². The fraction of sp³-hybridized carbons (Fsp3) is 0.824. The highest BCUT2D eigenvalue weighted by atomic mass is 16.6. The van der Waals surface area contributed by atoms with Crippen LogP contribution < -0.4 is 5.32 Å². The topological polar surface area (TPSA) is 88.2 Å². The number of likely N-dealkylation sites (tertiary alicyclic amines) is 1. The molecule has 3 amide bonds. The maximum atomic E-state index is 12.2. The maximum absolute atomic E-state index is 12.2. The zero-order chi connectivity index (χ0) is 19.0. The Morgan fingerprint density at radius 1 is 1.20 bits per heavy atom. The molecule has 0 aromatic carbocycles. The van der Waals surface area contributed by atoms with Gasteiger partial charge < -0.3 is 24.6 Å². The molecule has 25 heavy (non-hydrogen) atoms. The second-order valence-electron chi connectivity index (χ2n) is 7.06. The minimum atomic E-state index is -0.565. The van der Waals surface area contributed by atoms with E-state index >= 15 is 0 Å². The van der Waals surface area contributed by atoms with Crippen molar-refractivity contribution in [2.24, 2.45) is 0 Å². The molecule has 0 aliphatic carbocycles. The van der Waals surface area contributed by atoms with E-state index in [0.717, 1.165) is 0 Å². The highest BCUT2D eigenvalue weighted by Crippen LogP contribution is 2.17. The number of ether oxygens (including phenoxy) is 2. The second-order valence-corrected chi connectivity index (χ2v) is 7.06. The number of hydrogen-bond donors (Lipinski definition) is 1. The number of alkyl carbamates (subject to hydrolysis) is 1. The highest BCUT2D eigenvalue weighted by Gasteiger charge is 2.29. The Kier molecular flexibility index (Phi) is 7.99. The summed E-state index contributed by atoms with van der Waals surface area (Å²) in [5.41, 5.74) is -0.565. The summed E-state index contributed by atoms with van der Waals surface area (Å²) in [6.07, 6.45) is 0.493. The van der Waals surface area contributed by atoms with E-state index in [1.807, 2.05) is 0 Å². The predicted molar refractivity (Wildman–Crippen MR) is 93.2 cm³/mol. The van der Waals surface area contributed by atoms with Gasteiger partial charge >= 0.3 is 12.2 Å². The molecular formula is C17H31N3O5. The quantitative estimate of drug-likeness (QED) is 0.813. The normalized spacial score (nSPS) is 15.5. The first-order valence-corrected chi connectivity index (χ1v) is 8.79. The molecule has 0 spiro atoms. The lowest BCUT2D eigenvalue weighted by molar-refractivity contribution is -0.130. The second kappa shape index (κ2) is 9.48. The van der Waals surface area contributed by atoms with Crippen molar-refractivity contribution < 1.29 is 23.9 Å². The van der Waals surface area contributed by atoms with E-state index in [-0.39, 0.29) is 18.5 Å². The van der Waals surface area contributed by atoms with Crippen LogP contribution in [0.2, 0.25) is 0 Å². The number of piperidine rings is 1. The van der Waals surface area contributed by atoms with Gasteiger partial charge in [-0.2, -0.15) is 0 Å². The van der Waals surface area contributed by atoms with E-state index in [0.29, 0.717) is 39.1 Å². The summed E-state index contributed by atoms with van der Waals surface area (Å²) < 4.78 is 10.3. The van der Waals surface area contributed by atoms with Gasteiger partial charge in [0.2, 0.25) is 5.91 Å². The highest BCUT2D eigenvalue weighted by molar-refractivity contribution is 5.73. The van der Waals surface area contributed by atoms with Crippen LogP contribution in [-0.2, 0) is 14.3 Å². The molecule has 1 rings (SSSR count). The molecule has 0 radical (unpaired) electrons. The minimum absolute atomic E-state index is 0.00455. The van der Waals surface area contributed by atoms with Crippen molar-refractivity contribution in [3.05, 3.63) is 0 Å². The Hall–Kier alpha value is -1.99. The van der Waals surface area contributed by atoms with Crippen LogP contribution in [0.15, 0.2) is 0 Å². The van der Waals surface area contributed by atoms with Gasteiger partial charge in [0.05, 0.1) is 6.61 Å². The minimum Gasteiger partial charge on any atom is -0.450 e. The van der Waals surface area contributed by atoms with Crippen LogP contribution in [0.25, 0.3) is 0 Å². The Bertz CT molecular complexity index is 467. The third kappa shape index (κ3) is 7.62. The summed E-state index contributed by atoms with van der Waals surface area (Å²) >= 11 is 0. The number of nitrogens with zero attached hydrogens (tertiary/aromatic N) is 2. The van der Waals surface area contributed by atoms with Crippen molar-refractivity contribution in [2.45, 2.75) is 59.1 Å². The van der Waals surface area contributed by atoms with Gasteiger partial charge in [0.1, 0.15) is 5.60 Å². The van der Waals surface area contributed by atoms with Crippen molar-refractivity contribution in [1.29, 1.82) is 0 Å². The van der Waals surface area contributed by atoms with Crippen LogP contribution in [0.3, 0.4) is 0 Å². The molecule has 0 aromatic rings. The molecule has 0 aromatic heterocycles. The molecule has 0 atom stereocenters. The first-order valence-electron chi connectivity index (χ1n) is 8.79. The number of rotatable bonds is 5. The Balaban J connectivity index is 2.55. The maximum Gasteiger partial charge on any atom is 0.410 e. The summed E-state index contributed by atoms with van der Waals surface area (Å²) in [6.45, 7) is 10.8. The van der Waals surface area contributed by atoms with Gasteiger partial charge in [0, 0.05) is 39.1 Å². The first-order chi connectivity index (χ1) is 11.6. The van der Waals surface area contributed by atoms with Crippen LogP contribution in [0.5, 0.6) is 0 Å². The fourth-order valence-corrected chi connectivity index (χ4v) is 2.71. The number of carbonyl (C=O) groups excluding carboxylic acids is 3. The molecule has 0 bridgehead atoms. The van der Waals surface area contributed by atoms with Crippen LogP contribution in [-0.4, -0.2) is 72.3 Å². The third-order valence-electron chi connectivity index (χ3n) is 3.87. The van der Waals surface area contributed by atoms with Gasteiger partial charge in [-0.25, -0.2) is 9.59 Å². The molecule has 1 heterocycles. The molecule has 0 unspecified atom stereocenters. The summed E-state index contributed by atoms with van der Waals surface area (Å²) in [6, 6.07) is -0.00455. The van der Waals surface area contributed by atoms with Crippen LogP contribution in [0.4, 0.5) is 9.59 Å². The molecule has 1 fully saturated rings. The van der Waals surface area contributed by atoms with E-state index in [1.54, 1.807) is 44.4 Å². The fourth-order valence-electron chi connectivity index (χ4n) is 2.71. The molecule has 8 nitrogen and oxygen atoms in total. The standard InChI is InChI=1S/C17H31N3O5/c1-6-24-16(23)20(12-9-18-15(22)25-17(3,4)5)14-7-10-19(11-8-14)13(2)21/h14H,6-12H2,1-5H3,(H,18,22). The average Bonchev–Trinajstić information content (AvgIpc) is 2.50. The molecule has 0 saturated carbocycles. The average molecular weight is 357 g/mol. The van der Waals surface area contributed by atoms with Gasteiger partial charge in [-0.3, -0.25) is 4.79 Å². The number of nitrogens with one attached hydrogen (secondary N) is 1.